The first kappa shape index (κ1) is 23.3. The van der Waals surface area contributed by atoms with Gasteiger partial charge < -0.3 is 9.47 Å². The smallest absolute Gasteiger partial charge is 0.282 e. The topological polar surface area (TPSA) is 65.7 Å². The molecule has 0 N–H and O–H groups in total. The Morgan fingerprint density at radius 3 is 2.74 bits per heavy atom. The summed E-state index contributed by atoms with van der Waals surface area (Å²) in [6.45, 7) is 6.04. The lowest BCUT2D eigenvalue weighted by Gasteiger charge is -2.17. The lowest BCUT2D eigenvalue weighted by molar-refractivity contribution is 0.208. The second kappa shape index (κ2) is 10.3. The van der Waals surface area contributed by atoms with Crippen molar-refractivity contribution in [3.05, 3.63) is 61.6 Å². The monoisotopic (exact) mass is 505 g/mol. The third-order valence-electron chi connectivity index (χ3n) is 4.82. The number of hydrogen-bond acceptors (Lipinski definition) is 5. The zero-order valence-corrected chi connectivity index (χ0v) is 20.3. The van der Waals surface area contributed by atoms with Gasteiger partial charge in [-0.2, -0.15) is 9.78 Å². The highest BCUT2D eigenvalue weighted by Crippen LogP contribution is 2.37. The summed E-state index contributed by atoms with van der Waals surface area (Å²) in [6, 6.07) is 8.97. The zero-order chi connectivity index (χ0) is 22.5. The van der Waals surface area contributed by atoms with Crippen molar-refractivity contribution in [2.45, 2.75) is 46.1 Å². The van der Waals surface area contributed by atoms with Gasteiger partial charge in [0.05, 0.1) is 35.4 Å². The lowest BCUT2D eigenvalue weighted by atomic mass is 10.2. The van der Waals surface area contributed by atoms with E-state index in [0.29, 0.717) is 45.2 Å². The summed E-state index contributed by atoms with van der Waals surface area (Å²) in [6.07, 6.45) is 3.89. The normalized spacial score (nSPS) is 12.5. The van der Waals surface area contributed by atoms with E-state index >= 15 is 0 Å². The first-order valence-electron chi connectivity index (χ1n) is 10.2. The van der Waals surface area contributed by atoms with Gasteiger partial charge in [0.1, 0.15) is 5.82 Å². The first-order valence-corrected chi connectivity index (χ1v) is 11.3. The average molecular weight is 507 g/mol. The number of rotatable bonds is 8. The van der Waals surface area contributed by atoms with Crippen LogP contribution in [-0.2, 0) is 6.42 Å². The number of nitrogens with zero attached hydrogens (tertiary/aromatic N) is 3. The van der Waals surface area contributed by atoms with E-state index in [1.165, 1.54) is 4.68 Å². The molecule has 8 heteroatoms. The Morgan fingerprint density at radius 1 is 1.29 bits per heavy atom. The highest BCUT2D eigenvalue weighted by atomic mass is 79.9. The highest BCUT2D eigenvalue weighted by Gasteiger charge is 2.15. The van der Waals surface area contributed by atoms with E-state index in [4.69, 9.17) is 21.1 Å². The molecule has 3 aromatic rings. The van der Waals surface area contributed by atoms with Gasteiger partial charge in [0.25, 0.3) is 5.56 Å². The molecule has 31 heavy (non-hydrogen) atoms. The Kier molecular flexibility index (Phi) is 7.73. The average Bonchev–Trinajstić information content (AvgIpc) is 2.75. The second-order valence-corrected chi connectivity index (χ2v) is 8.49. The Balaban J connectivity index is 2.06. The van der Waals surface area contributed by atoms with Crippen LogP contribution < -0.4 is 15.0 Å². The molecule has 0 aliphatic heterocycles. The summed E-state index contributed by atoms with van der Waals surface area (Å²) in [5.74, 6) is 1.61. The van der Waals surface area contributed by atoms with Crippen molar-refractivity contribution in [2.75, 3.05) is 7.11 Å². The van der Waals surface area contributed by atoms with Gasteiger partial charge in [0.15, 0.2) is 11.5 Å². The van der Waals surface area contributed by atoms with Crippen LogP contribution >= 0.6 is 27.5 Å². The van der Waals surface area contributed by atoms with E-state index in [1.807, 2.05) is 32.9 Å². The molecular weight excluding hydrogens is 482 g/mol. The fraction of sp³-hybridized carbons (Fsp3) is 0.348. The summed E-state index contributed by atoms with van der Waals surface area (Å²) in [4.78, 5) is 17.8. The minimum Gasteiger partial charge on any atom is -0.493 e. The minimum absolute atomic E-state index is 0.00379. The number of hydrogen-bond donors (Lipinski definition) is 0. The molecule has 0 aliphatic carbocycles. The molecule has 0 spiro atoms. The maximum atomic E-state index is 13.1. The zero-order valence-electron chi connectivity index (χ0n) is 18.0. The molecule has 1 atom stereocenters. The van der Waals surface area contributed by atoms with Gasteiger partial charge in [-0.05, 0) is 55.7 Å². The van der Waals surface area contributed by atoms with E-state index in [9.17, 15) is 4.79 Å². The number of aryl methyl sites for hydroxylation is 1. The van der Waals surface area contributed by atoms with E-state index in [0.717, 1.165) is 17.3 Å². The standard InChI is InChI=1S/C23H25BrClN3O3/c1-5-7-21-27-19-9-8-16(24)12-17(19)23(29)28(21)26-13-15-10-18(25)22(20(11-15)30-4)31-14(3)6-2/h8-14H,5-7H2,1-4H3/t14-/m1/s1. The quantitative estimate of drug-likeness (QED) is 0.360. The maximum absolute atomic E-state index is 13.1. The lowest BCUT2D eigenvalue weighted by Crippen LogP contribution is -2.22. The van der Waals surface area contributed by atoms with Crippen molar-refractivity contribution in [1.29, 1.82) is 0 Å². The first-order chi connectivity index (χ1) is 14.9. The van der Waals surface area contributed by atoms with Crippen LogP contribution in [0.5, 0.6) is 11.5 Å². The van der Waals surface area contributed by atoms with Crippen molar-refractivity contribution in [2.24, 2.45) is 5.10 Å². The van der Waals surface area contributed by atoms with Gasteiger partial charge in [-0.3, -0.25) is 4.79 Å². The van der Waals surface area contributed by atoms with E-state index in [1.54, 1.807) is 31.5 Å². The van der Waals surface area contributed by atoms with Gasteiger partial charge in [-0.25, -0.2) is 4.98 Å². The Hall–Kier alpha value is -2.38. The number of fused-ring (bicyclic) bond motifs is 1. The molecule has 1 aromatic heterocycles. The number of methoxy groups -OCH3 is 1. The molecule has 3 rings (SSSR count). The molecule has 0 saturated heterocycles. The van der Waals surface area contributed by atoms with Crippen LogP contribution in [0.15, 0.2) is 44.7 Å². The van der Waals surface area contributed by atoms with Crippen LogP contribution in [0.3, 0.4) is 0 Å². The second-order valence-electron chi connectivity index (χ2n) is 7.17. The Bertz CT molecular complexity index is 1180. The molecule has 0 amide bonds. The predicted octanol–water partition coefficient (Wildman–Crippen LogP) is 5.83. The van der Waals surface area contributed by atoms with Crippen LogP contribution in [0, 0.1) is 0 Å². The Morgan fingerprint density at radius 2 is 2.06 bits per heavy atom. The molecule has 0 bridgehead atoms. The molecule has 0 unspecified atom stereocenters. The summed E-state index contributed by atoms with van der Waals surface area (Å²) < 4.78 is 13.5. The summed E-state index contributed by atoms with van der Waals surface area (Å²) >= 11 is 9.87. The van der Waals surface area contributed by atoms with Crippen LogP contribution in [0.25, 0.3) is 10.9 Å². The van der Waals surface area contributed by atoms with Gasteiger partial charge in [-0.15, -0.1) is 0 Å². The van der Waals surface area contributed by atoms with Gasteiger partial charge in [0, 0.05) is 10.9 Å². The van der Waals surface area contributed by atoms with Crippen molar-refractivity contribution in [1.82, 2.24) is 9.66 Å². The third kappa shape index (κ3) is 5.28. The van der Waals surface area contributed by atoms with Gasteiger partial charge in [-0.1, -0.05) is 41.4 Å². The number of aromatic nitrogens is 2. The van der Waals surface area contributed by atoms with E-state index in [2.05, 4.69) is 26.0 Å². The molecular formula is C23H25BrClN3O3. The molecule has 0 radical (unpaired) electrons. The largest absolute Gasteiger partial charge is 0.493 e. The van der Waals surface area contributed by atoms with E-state index < -0.39 is 0 Å². The highest BCUT2D eigenvalue weighted by molar-refractivity contribution is 9.10. The minimum atomic E-state index is -0.221. The van der Waals surface area contributed by atoms with Crippen LogP contribution in [0.1, 0.15) is 45.0 Å². The van der Waals surface area contributed by atoms with Crippen molar-refractivity contribution in [3.8, 4) is 11.5 Å². The Labute approximate surface area is 195 Å². The van der Waals surface area contributed by atoms with Gasteiger partial charge >= 0.3 is 0 Å². The van der Waals surface area contributed by atoms with Crippen LogP contribution in [0.4, 0.5) is 0 Å². The summed E-state index contributed by atoms with van der Waals surface area (Å²) in [5, 5.41) is 5.36. The predicted molar refractivity (Wildman–Crippen MR) is 129 cm³/mol. The van der Waals surface area contributed by atoms with Crippen LogP contribution in [-0.4, -0.2) is 29.1 Å². The molecule has 2 aromatic carbocycles. The van der Waals surface area contributed by atoms with Crippen molar-refractivity contribution in [3.63, 3.8) is 0 Å². The van der Waals surface area contributed by atoms with E-state index in [-0.39, 0.29) is 11.7 Å². The van der Waals surface area contributed by atoms with Crippen molar-refractivity contribution < 1.29 is 9.47 Å². The molecule has 0 fully saturated rings. The molecule has 1 heterocycles. The van der Waals surface area contributed by atoms with Gasteiger partial charge in [0.2, 0.25) is 0 Å². The molecule has 164 valence electrons. The molecule has 0 aliphatic rings. The summed E-state index contributed by atoms with van der Waals surface area (Å²) in [5.41, 5.74) is 1.11. The molecule has 6 nitrogen and oxygen atoms in total. The number of halogens is 2. The van der Waals surface area contributed by atoms with Crippen LogP contribution in [0.2, 0.25) is 5.02 Å². The van der Waals surface area contributed by atoms with Crippen molar-refractivity contribution >= 4 is 44.6 Å². The number of ether oxygens (including phenoxy) is 2. The fourth-order valence-electron chi connectivity index (χ4n) is 3.04. The third-order valence-corrected chi connectivity index (χ3v) is 5.59. The number of benzene rings is 2. The fourth-order valence-corrected chi connectivity index (χ4v) is 3.66. The summed E-state index contributed by atoms with van der Waals surface area (Å²) in [7, 11) is 1.56. The maximum Gasteiger partial charge on any atom is 0.282 e. The SMILES string of the molecule is CCCc1nc2ccc(Br)cc2c(=O)n1N=Cc1cc(Cl)c(O[C@H](C)CC)c(OC)c1. The molecule has 0 saturated carbocycles.